The third kappa shape index (κ3) is 6.62. The average Bonchev–Trinajstić information content (AvgIpc) is 2.75. The highest BCUT2D eigenvalue weighted by Crippen LogP contribution is 2.39. The Morgan fingerprint density at radius 2 is 1.94 bits per heavy atom. The third-order valence-corrected chi connectivity index (χ3v) is 4.61. The minimum atomic E-state index is -4.74. The molecule has 0 spiro atoms. The van der Waals surface area contributed by atoms with Crippen LogP contribution in [-0.4, -0.2) is 43.0 Å². The number of amides is 1. The van der Waals surface area contributed by atoms with Crippen LogP contribution in [0.3, 0.4) is 0 Å². The summed E-state index contributed by atoms with van der Waals surface area (Å²) >= 11 is 0. The van der Waals surface area contributed by atoms with Crippen LogP contribution in [0.15, 0.2) is 49.1 Å². The summed E-state index contributed by atoms with van der Waals surface area (Å²) in [7, 11) is 1.66. The molecule has 1 aliphatic rings. The monoisotopic (exact) mass is 448 g/mol. The van der Waals surface area contributed by atoms with Crippen LogP contribution in [-0.2, 0) is 17.8 Å². The Hall–Kier alpha value is -3.26. The van der Waals surface area contributed by atoms with E-state index in [9.17, 15) is 23.1 Å². The van der Waals surface area contributed by atoms with E-state index in [0.717, 1.165) is 34.4 Å². The van der Waals surface area contributed by atoms with Gasteiger partial charge >= 0.3 is 6.36 Å². The van der Waals surface area contributed by atoms with E-state index in [1.54, 1.807) is 25.3 Å². The molecule has 2 N–H and O–H groups in total. The molecule has 3 rings (SSSR count). The normalized spacial score (nSPS) is 12.1. The molecule has 0 bridgehead atoms. The minimum absolute atomic E-state index is 0.0408. The highest BCUT2D eigenvalue weighted by atomic mass is 19.4. The summed E-state index contributed by atoms with van der Waals surface area (Å²) in [5.41, 5.74) is 5.07. The van der Waals surface area contributed by atoms with E-state index in [4.69, 9.17) is 0 Å². The van der Waals surface area contributed by atoms with Gasteiger partial charge in [0.1, 0.15) is 5.75 Å². The van der Waals surface area contributed by atoms with E-state index in [0.29, 0.717) is 25.1 Å². The molecule has 32 heavy (non-hydrogen) atoms. The van der Waals surface area contributed by atoms with Crippen LogP contribution in [0, 0.1) is 0 Å². The lowest BCUT2D eigenvalue weighted by Gasteiger charge is -2.25. The van der Waals surface area contributed by atoms with E-state index in [1.807, 2.05) is 25.1 Å². The van der Waals surface area contributed by atoms with Gasteiger partial charge in [-0.05, 0) is 48.2 Å². The highest BCUT2D eigenvalue weighted by molar-refractivity contribution is 5.88. The summed E-state index contributed by atoms with van der Waals surface area (Å²) in [4.78, 5) is 12.6. The Morgan fingerprint density at radius 1 is 1.28 bits per heavy atom. The van der Waals surface area contributed by atoms with Gasteiger partial charge in [-0.3, -0.25) is 4.79 Å². The number of nitrogens with one attached hydrogen (secondary N) is 1. The second kappa shape index (κ2) is 11.4. The van der Waals surface area contributed by atoms with Crippen molar-refractivity contribution in [2.45, 2.75) is 26.3 Å². The number of carbonyl (C=O) groups excluding carboxylic acids is 1. The Labute approximate surface area is 185 Å². The number of anilines is 1. The molecule has 1 amide bonds. The van der Waals surface area contributed by atoms with Crippen LogP contribution in [0.4, 0.5) is 18.9 Å². The number of carbonyl (C=O) groups is 1. The number of rotatable bonds is 7. The van der Waals surface area contributed by atoms with Crippen LogP contribution in [0.5, 0.6) is 5.75 Å². The largest absolute Gasteiger partial charge is 0.573 e. The Kier molecular flexibility index (Phi) is 8.90. The molecule has 0 radical (unpaired) electrons. The molecule has 0 saturated carbocycles. The van der Waals surface area contributed by atoms with Crippen molar-refractivity contribution < 1.29 is 27.8 Å². The van der Waals surface area contributed by atoms with Crippen molar-refractivity contribution in [2.75, 3.05) is 25.5 Å². The molecule has 0 aliphatic carbocycles. The fraction of sp³-hybridized carbons (Fsp3) is 0.292. The van der Waals surface area contributed by atoms with Crippen molar-refractivity contribution >= 4 is 18.2 Å². The molecule has 0 aromatic heterocycles. The van der Waals surface area contributed by atoms with Gasteiger partial charge in [0, 0.05) is 43.6 Å². The quantitative estimate of drug-likeness (QED) is 0.462. The third-order valence-electron chi connectivity index (χ3n) is 4.61. The number of fused-ring (bicyclic) bond motifs is 1. The van der Waals surface area contributed by atoms with Crippen molar-refractivity contribution in [1.82, 2.24) is 4.90 Å². The Morgan fingerprint density at radius 3 is 2.50 bits per heavy atom. The molecule has 172 valence electrons. The minimum Gasteiger partial charge on any atom is -0.406 e. The number of halogens is 3. The zero-order valence-corrected chi connectivity index (χ0v) is 18.1. The number of allylic oxidation sites excluding steroid dienone is 1. The zero-order chi connectivity index (χ0) is 23.7. The molecule has 1 heterocycles. The van der Waals surface area contributed by atoms with Gasteiger partial charge in [0.05, 0.1) is 0 Å². The first-order valence-electron chi connectivity index (χ1n) is 10.0. The van der Waals surface area contributed by atoms with Gasteiger partial charge in [-0.2, -0.15) is 0 Å². The number of benzene rings is 2. The summed E-state index contributed by atoms with van der Waals surface area (Å²) in [6.07, 6.45) is 2.08. The first-order valence-corrected chi connectivity index (χ1v) is 10.0. The predicted molar refractivity (Wildman–Crippen MR) is 120 cm³/mol. The van der Waals surface area contributed by atoms with Gasteiger partial charge in [-0.25, -0.2) is 0 Å². The molecule has 0 saturated heterocycles. The van der Waals surface area contributed by atoms with Crippen molar-refractivity contribution in [2.24, 2.45) is 0 Å². The number of aliphatic hydroxyl groups excluding tert-OH is 1. The van der Waals surface area contributed by atoms with Crippen molar-refractivity contribution in [1.29, 1.82) is 0 Å². The number of hydrogen-bond acceptors (Lipinski definition) is 4. The van der Waals surface area contributed by atoms with Gasteiger partial charge < -0.3 is 20.1 Å². The van der Waals surface area contributed by atoms with Crippen LogP contribution in [0.25, 0.3) is 17.2 Å². The topological polar surface area (TPSA) is 61.8 Å². The summed E-state index contributed by atoms with van der Waals surface area (Å²) in [6, 6.07) is 7.58. The molecular formula is C24H27F3N2O3. The molecule has 0 unspecified atom stereocenters. The first-order chi connectivity index (χ1) is 15.2. The molecular weight excluding hydrogens is 421 g/mol. The van der Waals surface area contributed by atoms with Crippen LogP contribution < -0.4 is 10.1 Å². The number of ether oxygens (including phenoxy) is 1. The van der Waals surface area contributed by atoms with E-state index < -0.39 is 6.36 Å². The average molecular weight is 448 g/mol. The Bertz CT molecular complexity index is 954. The van der Waals surface area contributed by atoms with Gasteiger partial charge in [0.15, 0.2) is 0 Å². The summed E-state index contributed by atoms with van der Waals surface area (Å²) in [5, 5.41) is 12.8. The van der Waals surface area contributed by atoms with E-state index >= 15 is 0 Å². The fourth-order valence-electron chi connectivity index (χ4n) is 3.43. The summed E-state index contributed by atoms with van der Waals surface area (Å²) in [6.45, 7) is 6.17. The smallest absolute Gasteiger partial charge is 0.406 e. The maximum absolute atomic E-state index is 12.4. The van der Waals surface area contributed by atoms with Gasteiger partial charge in [0.2, 0.25) is 6.41 Å². The summed E-state index contributed by atoms with van der Waals surface area (Å²) < 4.78 is 41.2. The zero-order valence-electron chi connectivity index (χ0n) is 18.1. The van der Waals surface area contributed by atoms with Crippen molar-refractivity contribution in [3.8, 4) is 16.9 Å². The maximum Gasteiger partial charge on any atom is 0.573 e. The fourth-order valence-corrected chi connectivity index (χ4v) is 3.43. The SMILES string of the molecule is C=CC.CN(C=O)Cc1cc(-c2ccc(OC(F)(F)F)cc2)c2c(c1CCO)C=CCN2. The van der Waals surface area contributed by atoms with Crippen molar-refractivity contribution in [3.63, 3.8) is 0 Å². The predicted octanol–water partition coefficient (Wildman–Crippen LogP) is 5.01. The highest BCUT2D eigenvalue weighted by Gasteiger charge is 2.31. The number of aliphatic hydroxyl groups is 1. The molecule has 5 nitrogen and oxygen atoms in total. The van der Waals surface area contributed by atoms with Crippen molar-refractivity contribution in [3.05, 3.63) is 65.8 Å². The second-order valence-corrected chi connectivity index (χ2v) is 7.11. The maximum atomic E-state index is 12.4. The molecule has 1 aliphatic heterocycles. The lowest BCUT2D eigenvalue weighted by atomic mass is 9.88. The van der Waals surface area contributed by atoms with E-state index in [-0.39, 0.29) is 12.4 Å². The first kappa shape index (κ1) is 25.0. The number of alkyl halides is 3. The molecule has 0 atom stereocenters. The van der Waals surface area contributed by atoms with Crippen LogP contribution in [0.1, 0.15) is 23.6 Å². The molecule has 2 aromatic rings. The standard InChI is InChI=1S/C21H21F3N2O3.C3H6/c1-26(13-28)12-15-11-19(14-4-6-16(7-5-14)29-21(22,23)24)20-18(3-2-9-25-20)17(15)8-10-27;1-3-2/h2-7,11,13,25,27H,8-10,12H2,1H3;3H,1H2,2H3. The number of hydrogen-bond donors (Lipinski definition) is 2. The van der Waals surface area contributed by atoms with E-state index in [1.165, 1.54) is 17.0 Å². The molecule has 8 heteroatoms. The summed E-state index contributed by atoms with van der Waals surface area (Å²) in [5.74, 6) is -0.291. The van der Waals surface area contributed by atoms with Crippen LogP contribution >= 0.6 is 0 Å². The lowest BCUT2D eigenvalue weighted by molar-refractivity contribution is -0.274. The second-order valence-electron chi connectivity index (χ2n) is 7.11. The van der Waals surface area contributed by atoms with Crippen LogP contribution in [0.2, 0.25) is 0 Å². The number of nitrogens with zero attached hydrogens (tertiary/aromatic N) is 1. The van der Waals surface area contributed by atoms with Gasteiger partial charge in [-0.1, -0.05) is 30.4 Å². The van der Waals surface area contributed by atoms with Gasteiger partial charge in [0.25, 0.3) is 0 Å². The van der Waals surface area contributed by atoms with Gasteiger partial charge in [-0.15, -0.1) is 19.8 Å². The molecule has 2 aromatic carbocycles. The lowest BCUT2D eigenvalue weighted by Crippen LogP contribution is -2.19. The molecule has 0 fully saturated rings. The Balaban J connectivity index is 0.00000114. The van der Waals surface area contributed by atoms with E-state index in [2.05, 4.69) is 16.6 Å².